The van der Waals surface area contributed by atoms with Gasteiger partial charge in [0.15, 0.2) is 0 Å². The summed E-state index contributed by atoms with van der Waals surface area (Å²) in [5.74, 6) is 0. The second-order valence-corrected chi connectivity index (χ2v) is 5.70. The van der Waals surface area contributed by atoms with E-state index in [1.165, 1.54) is 0 Å². The average molecular weight is 300 g/mol. The van der Waals surface area contributed by atoms with Crippen LogP contribution in [0.3, 0.4) is 0 Å². The molecular formula is C20H16N2O. The Morgan fingerprint density at radius 3 is 2.26 bits per heavy atom. The normalized spacial score (nSPS) is 11.1. The van der Waals surface area contributed by atoms with Crippen LogP contribution in [0.4, 0.5) is 5.69 Å². The SMILES string of the molecule is Nc1ccc2c(c1)c1ccccc1c(=O)n2Cc1ccccc1. The molecule has 0 atom stereocenters. The number of pyridine rings is 1. The minimum atomic E-state index is 0.0294. The lowest BCUT2D eigenvalue weighted by molar-refractivity contribution is 0.803. The Balaban J connectivity index is 2.09. The summed E-state index contributed by atoms with van der Waals surface area (Å²) in [4.78, 5) is 13.0. The van der Waals surface area contributed by atoms with Gasteiger partial charge in [0.1, 0.15) is 0 Å². The Labute approximate surface area is 133 Å². The smallest absolute Gasteiger partial charge is 0.259 e. The fourth-order valence-electron chi connectivity index (χ4n) is 3.09. The number of nitrogens with two attached hydrogens (primary N) is 1. The minimum Gasteiger partial charge on any atom is -0.399 e. The van der Waals surface area contributed by atoms with Crippen LogP contribution >= 0.6 is 0 Å². The lowest BCUT2D eigenvalue weighted by atomic mass is 10.0. The van der Waals surface area contributed by atoms with Crippen LogP contribution in [0.1, 0.15) is 5.56 Å². The predicted molar refractivity (Wildman–Crippen MR) is 95.7 cm³/mol. The average Bonchev–Trinajstić information content (AvgIpc) is 2.59. The van der Waals surface area contributed by atoms with E-state index in [1.807, 2.05) is 77.4 Å². The summed E-state index contributed by atoms with van der Waals surface area (Å²) in [6.07, 6.45) is 0. The number of benzene rings is 3. The molecule has 1 aromatic heterocycles. The zero-order valence-corrected chi connectivity index (χ0v) is 12.6. The van der Waals surface area contributed by atoms with E-state index in [1.54, 1.807) is 0 Å². The number of nitrogens with zero attached hydrogens (tertiary/aromatic N) is 1. The number of aromatic nitrogens is 1. The number of anilines is 1. The second kappa shape index (κ2) is 5.29. The predicted octanol–water partition coefficient (Wildman–Crippen LogP) is 3.79. The van der Waals surface area contributed by atoms with Crippen molar-refractivity contribution in [3.8, 4) is 0 Å². The van der Waals surface area contributed by atoms with Gasteiger partial charge in [-0.15, -0.1) is 0 Å². The third kappa shape index (κ3) is 2.27. The topological polar surface area (TPSA) is 48.0 Å². The molecule has 112 valence electrons. The lowest BCUT2D eigenvalue weighted by Crippen LogP contribution is -2.21. The Morgan fingerprint density at radius 1 is 0.783 bits per heavy atom. The van der Waals surface area contributed by atoms with Crippen molar-refractivity contribution in [2.24, 2.45) is 0 Å². The Hall–Kier alpha value is -3.07. The first-order valence-electron chi connectivity index (χ1n) is 7.59. The summed E-state index contributed by atoms with van der Waals surface area (Å²) in [6.45, 7) is 0.547. The molecule has 3 aromatic carbocycles. The summed E-state index contributed by atoms with van der Waals surface area (Å²) >= 11 is 0. The van der Waals surface area contributed by atoms with Crippen LogP contribution in [-0.2, 0) is 6.54 Å². The van der Waals surface area contributed by atoms with Crippen molar-refractivity contribution < 1.29 is 0 Å². The number of hydrogen-bond donors (Lipinski definition) is 1. The summed E-state index contributed by atoms with van der Waals surface area (Å²) in [7, 11) is 0. The first-order chi connectivity index (χ1) is 11.2. The van der Waals surface area contributed by atoms with Crippen LogP contribution in [0, 0.1) is 0 Å². The van der Waals surface area contributed by atoms with Crippen molar-refractivity contribution in [2.75, 3.05) is 5.73 Å². The van der Waals surface area contributed by atoms with Gasteiger partial charge in [0, 0.05) is 16.5 Å². The number of nitrogen functional groups attached to an aromatic ring is 1. The molecule has 0 saturated carbocycles. The van der Waals surface area contributed by atoms with E-state index < -0.39 is 0 Å². The molecule has 1 heterocycles. The highest BCUT2D eigenvalue weighted by Gasteiger charge is 2.11. The quantitative estimate of drug-likeness (QED) is 0.452. The molecule has 0 aliphatic carbocycles. The third-order valence-electron chi connectivity index (χ3n) is 4.19. The summed E-state index contributed by atoms with van der Waals surface area (Å²) < 4.78 is 1.83. The monoisotopic (exact) mass is 300 g/mol. The molecule has 0 unspecified atom stereocenters. The largest absolute Gasteiger partial charge is 0.399 e. The Kier molecular flexibility index (Phi) is 3.12. The Morgan fingerprint density at radius 2 is 1.48 bits per heavy atom. The molecule has 0 aliphatic rings. The van der Waals surface area contributed by atoms with Crippen molar-refractivity contribution in [1.82, 2.24) is 4.57 Å². The van der Waals surface area contributed by atoms with Crippen LogP contribution in [0.25, 0.3) is 21.7 Å². The van der Waals surface area contributed by atoms with E-state index in [0.717, 1.165) is 27.2 Å². The molecule has 23 heavy (non-hydrogen) atoms. The van der Waals surface area contributed by atoms with Gasteiger partial charge in [0.2, 0.25) is 0 Å². The highest BCUT2D eigenvalue weighted by molar-refractivity contribution is 6.06. The highest BCUT2D eigenvalue weighted by atomic mass is 16.1. The van der Waals surface area contributed by atoms with Gasteiger partial charge in [-0.3, -0.25) is 4.79 Å². The van der Waals surface area contributed by atoms with Crippen LogP contribution in [0.5, 0.6) is 0 Å². The molecule has 3 heteroatoms. The van der Waals surface area contributed by atoms with E-state index in [9.17, 15) is 4.79 Å². The second-order valence-electron chi connectivity index (χ2n) is 5.70. The third-order valence-corrected chi connectivity index (χ3v) is 4.19. The van der Waals surface area contributed by atoms with Crippen molar-refractivity contribution in [3.05, 3.63) is 88.7 Å². The zero-order valence-electron chi connectivity index (χ0n) is 12.6. The molecule has 0 fully saturated rings. The van der Waals surface area contributed by atoms with Crippen molar-refractivity contribution >= 4 is 27.4 Å². The first kappa shape index (κ1) is 13.6. The van der Waals surface area contributed by atoms with Gasteiger partial charge in [0.25, 0.3) is 5.56 Å². The number of hydrogen-bond acceptors (Lipinski definition) is 2. The van der Waals surface area contributed by atoms with Crippen LogP contribution in [0.15, 0.2) is 77.6 Å². The van der Waals surface area contributed by atoms with E-state index in [4.69, 9.17) is 5.73 Å². The fourth-order valence-corrected chi connectivity index (χ4v) is 3.09. The highest BCUT2D eigenvalue weighted by Crippen LogP contribution is 2.25. The van der Waals surface area contributed by atoms with Gasteiger partial charge >= 0.3 is 0 Å². The van der Waals surface area contributed by atoms with Gasteiger partial charge in [-0.1, -0.05) is 48.5 Å². The summed E-state index contributed by atoms with van der Waals surface area (Å²) in [5.41, 5.74) is 8.71. The molecule has 0 radical (unpaired) electrons. The molecule has 3 nitrogen and oxygen atoms in total. The molecule has 4 aromatic rings. The van der Waals surface area contributed by atoms with Crippen molar-refractivity contribution in [1.29, 1.82) is 0 Å². The zero-order chi connectivity index (χ0) is 15.8. The molecule has 2 N–H and O–H groups in total. The van der Waals surface area contributed by atoms with Crippen LogP contribution in [-0.4, -0.2) is 4.57 Å². The standard InChI is InChI=1S/C20H16N2O/c21-15-10-11-19-18(12-15)16-8-4-5-9-17(16)20(23)22(19)13-14-6-2-1-3-7-14/h1-12H,13,21H2. The molecule has 0 spiro atoms. The maximum atomic E-state index is 13.0. The maximum absolute atomic E-state index is 13.0. The van der Waals surface area contributed by atoms with Gasteiger partial charge in [-0.2, -0.15) is 0 Å². The van der Waals surface area contributed by atoms with Gasteiger partial charge < -0.3 is 10.3 Å². The molecule has 4 rings (SSSR count). The van der Waals surface area contributed by atoms with E-state index in [2.05, 4.69) is 0 Å². The molecule has 0 bridgehead atoms. The number of rotatable bonds is 2. The summed E-state index contributed by atoms with van der Waals surface area (Å²) in [6, 6.07) is 23.4. The fraction of sp³-hybridized carbons (Fsp3) is 0.0500. The Bertz CT molecular complexity index is 1070. The molecular weight excluding hydrogens is 284 g/mol. The van der Waals surface area contributed by atoms with Crippen LogP contribution < -0.4 is 11.3 Å². The minimum absolute atomic E-state index is 0.0294. The van der Waals surface area contributed by atoms with Gasteiger partial charge in [-0.25, -0.2) is 0 Å². The lowest BCUT2D eigenvalue weighted by Gasteiger charge is -2.14. The van der Waals surface area contributed by atoms with Crippen molar-refractivity contribution in [2.45, 2.75) is 6.54 Å². The molecule has 0 saturated heterocycles. The van der Waals surface area contributed by atoms with Crippen LogP contribution in [0.2, 0.25) is 0 Å². The van der Waals surface area contributed by atoms with E-state index >= 15 is 0 Å². The summed E-state index contributed by atoms with van der Waals surface area (Å²) in [5, 5.41) is 2.68. The van der Waals surface area contributed by atoms with E-state index in [0.29, 0.717) is 12.2 Å². The van der Waals surface area contributed by atoms with Crippen molar-refractivity contribution in [3.63, 3.8) is 0 Å². The maximum Gasteiger partial charge on any atom is 0.259 e. The van der Waals surface area contributed by atoms with Gasteiger partial charge in [0.05, 0.1) is 12.1 Å². The number of fused-ring (bicyclic) bond motifs is 3. The van der Waals surface area contributed by atoms with E-state index in [-0.39, 0.29) is 5.56 Å². The van der Waals surface area contributed by atoms with Gasteiger partial charge in [-0.05, 0) is 35.2 Å². The molecule has 0 amide bonds. The molecule has 0 aliphatic heterocycles. The first-order valence-corrected chi connectivity index (χ1v) is 7.59.